The number of aliphatic hydroxyl groups is 2. The molecule has 3 saturated carbocycles. The maximum Gasteiger partial charge on any atom is 0.169 e. The largest absolute Gasteiger partial charge is 0.393 e. The summed E-state index contributed by atoms with van der Waals surface area (Å²) < 4.78 is 1.95. The lowest BCUT2D eigenvalue weighted by molar-refractivity contribution is -0.181. The van der Waals surface area contributed by atoms with Gasteiger partial charge in [-0.1, -0.05) is 32.9 Å². The Morgan fingerprint density at radius 2 is 2.19 bits per heavy atom. The molecule has 3 fully saturated rings. The van der Waals surface area contributed by atoms with Crippen molar-refractivity contribution in [1.29, 1.82) is 0 Å². The summed E-state index contributed by atoms with van der Waals surface area (Å²) in [6.45, 7) is 10.2. The van der Waals surface area contributed by atoms with E-state index >= 15 is 0 Å². The number of aromatic nitrogens is 2. The van der Waals surface area contributed by atoms with Crippen molar-refractivity contribution in [1.82, 2.24) is 9.78 Å². The third-order valence-electron chi connectivity index (χ3n) is 9.97. The van der Waals surface area contributed by atoms with Gasteiger partial charge in [0.15, 0.2) is 5.78 Å². The first-order valence-electron chi connectivity index (χ1n) is 12.1. The molecule has 5 nitrogen and oxygen atoms in total. The molecule has 0 aliphatic heterocycles. The molecule has 0 unspecified atom stereocenters. The predicted octanol–water partition coefficient (Wildman–Crippen LogP) is 3.85. The van der Waals surface area contributed by atoms with Gasteiger partial charge >= 0.3 is 0 Å². The molecule has 0 radical (unpaired) electrons. The Balaban J connectivity index is 1.55. The molecule has 172 valence electrons. The highest BCUT2D eigenvalue weighted by Crippen LogP contribution is 2.68. The van der Waals surface area contributed by atoms with Gasteiger partial charge in [0.05, 0.1) is 18.0 Å². The van der Waals surface area contributed by atoms with Gasteiger partial charge in [0.25, 0.3) is 0 Å². The van der Waals surface area contributed by atoms with E-state index in [-0.39, 0.29) is 35.4 Å². The van der Waals surface area contributed by atoms with E-state index in [1.165, 1.54) is 16.8 Å². The summed E-state index contributed by atoms with van der Waals surface area (Å²) in [4.78, 5) is 13.1. The van der Waals surface area contributed by atoms with Gasteiger partial charge in [-0.05, 0) is 78.9 Å². The molecule has 1 heterocycles. The van der Waals surface area contributed by atoms with Gasteiger partial charge in [0, 0.05) is 18.9 Å². The van der Waals surface area contributed by atoms with Gasteiger partial charge < -0.3 is 10.2 Å². The lowest BCUT2D eigenvalue weighted by Gasteiger charge is -2.61. The Bertz CT molecular complexity index is 1050. The highest BCUT2D eigenvalue weighted by Gasteiger charge is 2.68. The highest BCUT2D eigenvalue weighted by atomic mass is 16.3. The SMILES string of the molecule is C=C=CCC(=O)[C@@]1(O)CC[C@H]2[C@@H]3C[C@H](C)C4=Cc5c(cnn5C)C[C@]4(C)[C@H]3[C@@H](O)C[C@@]21C. The van der Waals surface area contributed by atoms with Crippen LogP contribution in [0.5, 0.6) is 0 Å². The van der Waals surface area contributed by atoms with Crippen LogP contribution in [0.3, 0.4) is 0 Å². The number of fused-ring (bicyclic) bond motifs is 6. The van der Waals surface area contributed by atoms with Crippen molar-refractivity contribution in [2.24, 2.45) is 41.5 Å². The number of nitrogens with zero attached hydrogens (tertiary/aromatic N) is 2. The van der Waals surface area contributed by atoms with Crippen molar-refractivity contribution in [2.45, 2.75) is 71.0 Å². The molecule has 1 aromatic rings. The molecule has 0 spiro atoms. The first-order chi connectivity index (χ1) is 15.1. The Kier molecular flexibility index (Phi) is 4.81. The third kappa shape index (κ3) is 2.65. The minimum atomic E-state index is -1.39. The number of ketones is 1. The van der Waals surface area contributed by atoms with E-state index in [0.29, 0.717) is 18.8 Å². The molecule has 0 amide bonds. The first-order valence-corrected chi connectivity index (χ1v) is 12.1. The number of allylic oxidation sites excluding steroid dienone is 2. The number of Topliss-reactive ketones (excluding diaryl/α,β-unsaturated/α-hetero) is 1. The number of aryl methyl sites for hydroxylation is 1. The second-order valence-electron chi connectivity index (χ2n) is 11.4. The van der Waals surface area contributed by atoms with Gasteiger partial charge in [-0.2, -0.15) is 5.10 Å². The fraction of sp³-hybridized carbons (Fsp3) is 0.667. The summed E-state index contributed by atoms with van der Waals surface area (Å²) in [7, 11) is 1.99. The van der Waals surface area contributed by atoms with Crippen molar-refractivity contribution in [3.63, 3.8) is 0 Å². The average molecular weight is 437 g/mol. The summed E-state index contributed by atoms with van der Waals surface area (Å²) in [5, 5.41) is 27.8. The summed E-state index contributed by atoms with van der Waals surface area (Å²) >= 11 is 0. The molecule has 8 atom stereocenters. The van der Waals surface area contributed by atoms with E-state index in [0.717, 1.165) is 19.3 Å². The maximum absolute atomic E-state index is 13.1. The molecule has 0 saturated heterocycles. The maximum atomic E-state index is 13.1. The predicted molar refractivity (Wildman–Crippen MR) is 123 cm³/mol. The van der Waals surface area contributed by atoms with Crippen LogP contribution >= 0.6 is 0 Å². The number of rotatable bonds is 3. The molecule has 4 aliphatic rings. The summed E-state index contributed by atoms with van der Waals surface area (Å²) in [5.74, 6) is 0.885. The quantitative estimate of drug-likeness (QED) is 0.706. The molecule has 0 aromatic carbocycles. The smallest absolute Gasteiger partial charge is 0.169 e. The number of aliphatic hydroxyl groups excluding tert-OH is 1. The molecule has 2 N–H and O–H groups in total. The monoisotopic (exact) mass is 436 g/mol. The Morgan fingerprint density at radius 1 is 1.44 bits per heavy atom. The fourth-order valence-corrected chi connectivity index (χ4v) is 8.55. The minimum absolute atomic E-state index is 0.127. The normalized spacial score (nSPS) is 44.4. The van der Waals surface area contributed by atoms with E-state index in [1.54, 1.807) is 6.08 Å². The average Bonchev–Trinajstić information content (AvgIpc) is 3.21. The number of hydrogen-bond donors (Lipinski definition) is 2. The van der Waals surface area contributed by atoms with Crippen LogP contribution in [0.15, 0.2) is 30.2 Å². The lowest BCUT2D eigenvalue weighted by atomic mass is 9.44. The van der Waals surface area contributed by atoms with Crippen LogP contribution in [-0.2, 0) is 18.3 Å². The molecule has 1 aromatic heterocycles. The van der Waals surface area contributed by atoms with Crippen LogP contribution in [0.25, 0.3) is 6.08 Å². The van der Waals surface area contributed by atoms with Crippen LogP contribution in [0.2, 0.25) is 0 Å². The lowest BCUT2D eigenvalue weighted by Crippen LogP contribution is -2.62. The zero-order valence-electron chi connectivity index (χ0n) is 19.8. The second-order valence-corrected chi connectivity index (χ2v) is 11.4. The van der Waals surface area contributed by atoms with Gasteiger partial charge in [0.1, 0.15) is 5.60 Å². The van der Waals surface area contributed by atoms with E-state index in [4.69, 9.17) is 0 Å². The highest BCUT2D eigenvalue weighted by molar-refractivity contribution is 5.89. The van der Waals surface area contributed by atoms with Crippen LogP contribution in [-0.4, -0.2) is 37.5 Å². The molecular formula is C27H36N2O3. The van der Waals surface area contributed by atoms with Gasteiger partial charge in [-0.15, -0.1) is 5.73 Å². The Labute approximate surface area is 190 Å². The topological polar surface area (TPSA) is 75.3 Å². The standard InChI is InChI=1S/C27H36N2O3/c1-6-7-8-23(31)27(32)10-9-19-18-11-16(2)20-12-21-17(15-28-29(21)5)13-25(20,3)24(18)22(30)14-26(19,27)4/h7,12,15-16,18-19,22,24,30,32H,1,8-11,13-14H2,2-5H3/t16-,18-,19-,22-,24+,25-,26-,27-/m0/s1. The summed E-state index contributed by atoms with van der Waals surface area (Å²) in [6, 6.07) is 0. The molecule has 0 bridgehead atoms. The van der Waals surface area contributed by atoms with Gasteiger partial charge in [-0.25, -0.2) is 0 Å². The van der Waals surface area contributed by atoms with E-state index in [1.807, 2.05) is 17.9 Å². The Hall–Kier alpha value is -1.94. The van der Waals surface area contributed by atoms with Gasteiger partial charge in [-0.3, -0.25) is 9.48 Å². The molecule has 5 heteroatoms. The van der Waals surface area contributed by atoms with Crippen LogP contribution in [0.4, 0.5) is 0 Å². The summed E-state index contributed by atoms with van der Waals surface area (Å²) in [6.07, 6.45) is 9.17. The minimum Gasteiger partial charge on any atom is -0.393 e. The van der Waals surface area contributed by atoms with Crippen molar-refractivity contribution in [3.05, 3.63) is 41.4 Å². The zero-order chi connectivity index (χ0) is 23.1. The number of hydrogen-bond acceptors (Lipinski definition) is 4. The second kappa shape index (κ2) is 7.03. The zero-order valence-corrected chi connectivity index (χ0v) is 19.8. The van der Waals surface area contributed by atoms with Crippen LogP contribution in [0, 0.1) is 34.5 Å². The molecular weight excluding hydrogens is 400 g/mol. The third-order valence-corrected chi connectivity index (χ3v) is 9.97. The molecule has 4 aliphatic carbocycles. The van der Waals surface area contributed by atoms with E-state index in [9.17, 15) is 15.0 Å². The van der Waals surface area contributed by atoms with E-state index in [2.05, 4.69) is 44.3 Å². The van der Waals surface area contributed by atoms with Crippen molar-refractivity contribution in [2.75, 3.05) is 0 Å². The first kappa shape index (κ1) is 21.9. The van der Waals surface area contributed by atoms with Crippen molar-refractivity contribution in [3.8, 4) is 0 Å². The Morgan fingerprint density at radius 3 is 2.91 bits per heavy atom. The van der Waals surface area contributed by atoms with Crippen LogP contribution in [0.1, 0.15) is 64.1 Å². The van der Waals surface area contributed by atoms with Crippen molar-refractivity contribution < 1.29 is 15.0 Å². The van der Waals surface area contributed by atoms with Crippen molar-refractivity contribution >= 4 is 11.9 Å². The van der Waals surface area contributed by atoms with Crippen LogP contribution < -0.4 is 0 Å². The van der Waals surface area contributed by atoms with E-state index < -0.39 is 17.1 Å². The fourth-order valence-electron chi connectivity index (χ4n) is 8.55. The molecule has 32 heavy (non-hydrogen) atoms. The number of carbonyl (C=O) groups is 1. The number of carbonyl (C=O) groups excluding carboxylic acids is 1. The van der Waals surface area contributed by atoms with Gasteiger partial charge in [0.2, 0.25) is 0 Å². The molecule has 5 rings (SSSR count). The summed E-state index contributed by atoms with van der Waals surface area (Å²) in [5.41, 5.74) is 4.40.